The summed E-state index contributed by atoms with van der Waals surface area (Å²) in [7, 11) is -9.97. The van der Waals surface area contributed by atoms with Gasteiger partial charge in [0.05, 0.1) is 26.4 Å². The first-order valence-corrected chi connectivity index (χ1v) is 38.8. The van der Waals surface area contributed by atoms with Crippen LogP contribution in [0.15, 0.2) is 122 Å². The van der Waals surface area contributed by atoms with E-state index in [1.54, 1.807) is 0 Å². The summed E-state index contributed by atoms with van der Waals surface area (Å²) in [5, 5.41) is 10.6. The van der Waals surface area contributed by atoms with E-state index in [2.05, 4.69) is 149 Å². The number of phosphoric acid groups is 2. The van der Waals surface area contributed by atoms with Crippen LogP contribution in [0.2, 0.25) is 0 Å². The topological polar surface area (TPSA) is 237 Å². The van der Waals surface area contributed by atoms with E-state index in [-0.39, 0.29) is 25.7 Å². The van der Waals surface area contributed by atoms with Gasteiger partial charge in [0.1, 0.15) is 19.3 Å². The zero-order valence-corrected chi connectivity index (χ0v) is 60.1. The van der Waals surface area contributed by atoms with Crippen LogP contribution >= 0.6 is 15.6 Å². The lowest BCUT2D eigenvalue weighted by molar-refractivity contribution is -0.161. The third-order valence-electron chi connectivity index (χ3n) is 14.4. The van der Waals surface area contributed by atoms with Crippen molar-refractivity contribution in [1.29, 1.82) is 0 Å². The standard InChI is InChI=1S/C75H126O17P2/c1-5-9-13-17-21-25-29-32-34-37-40-43-47-51-55-59-72(77)85-65-70(91-74(79)61-57-53-49-45-39-28-24-20-16-12-8-4)67-89-93(81,82)87-63-69(76)64-88-94(83,84)90-68-71(92-75(80)62-58-54-50-46-42-36-31-27-23-19-15-11-7-3)66-86-73(78)60-56-52-48-44-41-38-35-33-30-26-22-18-14-10-6-2/h9-10,13-15,19,21-22,25-27,31-35,40-41,43-44,69-71,76H,5-8,11-12,16-18,20,23-24,28-30,36-39,42,45-68H2,1-4H3,(H,81,82)(H,83,84)/b13-9-,14-10-,19-15-,25-21-,26-22-,31-27-,34-32-,35-33-,43-40-,44-41-. The van der Waals surface area contributed by atoms with Gasteiger partial charge in [-0.2, -0.15) is 0 Å². The first-order chi connectivity index (χ1) is 45.7. The molecule has 19 heteroatoms. The lowest BCUT2D eigenvalue weighted by atomic mass is 10.1. The van der Waals surface area contributed by atoms with Crippen LogP contribution in [-0.2, 0) is 65.4 Å². The number of hydrogen-bond acceptors (Lipinski definition) is 15. The van der Waals surface area contributed by atoms with Crippen molar-refractivity contribution in [3.63, 3.8) is 0 Å². The van der Waals surface area contributed by atoms with Crippen molar-refractivity contribution in [2.45, 2.75) is 290 Å². The van der Waals surface area contributed by atoms with E-state index < -0.39 is 97.5 Å². The van der Waals surface area contributed by atoms with Crippen LogP contribution in [0, 0.1) is 0 Å². The van der Waals surface area contributed by atoms with Crippen LogP contribution in [0.3, 0.4) is 0 Å². The average Bonchev–Trinajstić information content (AvgIpc) is 1.55. The van der Waals surface area contributed by atoms with E-state index in [0.29, 0.717) is 25.7 Å². The Morgan fingerprint density at radius 3 is 0.915 bits per heavy atom. The monoisotopic (exact) mass is 1360 g/mol. The summed E-state index contributed by atoms with van der Waals surface area (Å²) in [5.41, 5.74) is 0. The van der Waals surface area contributed by atoms with Gasteiger partial charge in [0.25, 0.3) is 0 Å². The number of aliphatic hydroxyl groups excluding tert-OH is 1. The molecule has 17 nitrogen and oxygen atoms in total. The normalized spacial score (nSPS) is 14.8. The molecule has 0 fully saturated rings. The smallest absolute Gasteiger partial charge is 0.462 e. The van der Waals surface area contributed by atoms with Crippen molar-refractivity contribution in [2.75, 3.05) is 39.6 Å². The van der Waals surface area contributed by atoms with Crippen LogP contribution < -0.4 is 0 Å². The van der Waals surface area contributed by atoms with Gasteiger partial charge in [0, 0.05) is 25.7 Å². The van der Waals surface area contributed by atoms with Gasteiger partial charge in [-0.05, 0) is 128 Å². The van der Waals surface area contributed by atoms with Gasteiger partial charge in [-0.3, -0.25) is 37.3 Å². The fourth-order valence-corrected chi connectivity index (χ4v) is 10.6. The number of aliphatic hydroxyl groups is 1. The minimum atomic E-state index is -4.99. The van der Waals surface area contributed by atoms with Gasteiger partial charge in [-0.15, -0.1) is 0 Å². The van der Waals surface area contributed by atoms with E-state index in [1.807, 2.05) is 0 Å². The highest BCUT2D eigenvalue weighted by molar-refractivity contribution is 7.47. The molecule has 0 bridgehead atoms. The van der Waals surface area contributed by atoms with Gasteiger partial charge >= 0.3 is 39.5 Å². The molecule has 0 aromatic heterocycles. The lowest BCUT2D eigenvalue weighted by Gasteiger charge is -2.21. The maximum Gasteiger partial charge on any atom is 0.472 e. The molecule has 0 saturated heterocycles. The Bertz CT molecular complexity index is 2270. The van der Waals surface area contributed by atoms with Crippen molar-refractivity contribution in [3.05, 3.63) is 122 Å². The van der Waals surface area contributed by atoms with E-state index in [9.17, 15) is 43.2 Å². The molecule has 5 atom stereocenters. The molecule has 0 saturated carbocycles. The fraction of sp³-hybridized carbons (Fsp3) is 0.680. The Balaban J connectivity index is 5.40. The summed E-state index contributed by atoms with van der Waals surface area (Å²) in [6.45, 7) is 4.43. The third kappa shape index (κ3) is 66.1. The summed E-state index contributed by atoms with van der Waals surface area (Å²) < 4.78 is 68.2. The van der Waals surface area contributed by atoms with E-state index in [1.165, 1.54) is 38.5 Å². The van der Waals surface area contributed by atoms with Crippen molar-refractivity contribution in [1.82, 2.24) is 0 Å². The largest absolute Gasteiger partial charge is 0.472 e. The number of ether oxygens (including phenoxy) is 4. The second-order valence-electron chi connectivity index (χ2n) is 23.4. The highest BCUT2D eigenvalue weighted by Crippen LogP contribution is 2.45. The summed E-state index contributed by atoms with van der Waals surface area (Å²) in [5.74, 6) is -2.29. The Labute approximate surface area is 568 Å². The summed E-state index contributed by atoms with van der Waals surface area (Å²) in [6, 6.07) is 0. The molecule has 538 valence electrons. The molecule has 0 aromatic rings. The number of carbonyl (C=O) groups is 4. The summed E-state index contributed by atoms with van der Waals surface area (Å²) in [4.78, 5) is 72.6. The highest BCUT2D eigenvalue weighted by atomic mass is 31.2. The van der Waals surface area contributed by atoms with E-state index in [4.69, 9.17) is 37.0 Å². The predicted octanol–water partition coefficient (Wildman–Crippen LogP) is 20.0. The number of phosphoric ester groups is 2. The first-order valence-electron chi connectivity index (χ1n) is 35.8. The highest BCUT2D eigenvalue weighted by Gasteiger charge is 2.30. The molecular formula is C75H126O17P2. The Hall–Kier alpha value is -4.54. The van der Waals surface area contributed by atoms with Crippen molar-refractivity contribution >= 4 is 39.5 Å². The molecule has 3 N–H and O–H groups in total. The first kappa shape index (κ1) is 89.5. The van der Waals surface area contributed by atoms with E-state index >= 15 is 0 Å². The molecule has 0 spiro atoms. The zero-order valence-electron chi connectivity index (χ0n) is 58.3. The van der Waals surface area contributed by atoms with E-state index in [0.717, 1.165) is 154 Å². The Kier molecular flexibility index (Phi) is 63.8. The molecule has 0 aliphatic carbocycles. The predicted molar refractivity (Wildman–Crippen MR) is 381 cm³/mol. The third-order valence-corrected chi connectivity index (χ3v) is 16.3. The lowest BCUT2D eigenvalue weighted by Crippen LogP contribution is -2.30. The van der Waals surface area contributed by atoms with Crippen molar-refractivity contribution in [3.8, 4) is 0 Å². The molecule has 94 heavy (non-hydrogen) atoms. The Morgan fingerprint density at radius 2 is 0.574 bits per heavy atom. The average molecular weight is 1360 g/mol. The van der Waals surface area contributed by atoms with Crippen LogP contribution in [0.5, 0.6) is 0 Å². The second-order valence-corrected chi connectivity index (χ2v) is 26.3. The molecule has 0 heterocycles. The molecule has 0 aromatic carbocycles. The molecule has 5 unspecified atom stereocenters. The molecular weight excluding hydrogens is 1230 g/mol. The van der Waals surface area contributed by atoms with Crippen LogP contribution in [-0.4, -0.2) is 96.7 Å². The maximum absolute atomic E-state index is 13.0. The number of rotatable bonds is 66. The summed E-state index contributed by atoms with van der Waals surface area (Å²) >= 11 is 0. The number of allylic oxidation sites excluding steroid dienone is 20. The molecule has 0 amide bonds. The number of carbonyl (C=O) groups excluding carboxylic acids is 4. The fourth-order valence-electron chi connectivity index (χ4n) is 9.00. The zero-order chi connectivity index (χ0) is 69.0. The van der Waals surface area contributed by atoms with Gasteiger partial charge in [0.15, 0.2) is 12.2 Å². The van der Waals surface area contributed by atoms with Gasteiger partial charge < -0.3 is 33.8 Å². The quantitative estimate of drug-likeness (QED) is 0.0169. The molecule has 0 radical (unpaired) electrons. The molecule has 0 aliphatic heterocycles. The van der Waals surface area contributed by atoms with Crippen LogP contribution in [0.4, 0.5) is 0 Å². The van der Waals surface area contributed by atoms with Gasteiger partial charge in [-0.25, -0.2) is 9.13 Å². The van der Waals surface area contributed by atoms with Crippen LogP contribution in [0.25, 0.3) is 0 Å². The van der Waals surface area contributed by atoms with Crippen LogP contribution in [0.1, 0.15) is 272 Å². The van der Waals surface area contributed by atoms with Gasteiger partial charge in [0.2, 0.25) is 0 Å². The summed E-state index contributed by atoms with van der Waals surface area (Å²) in [6.07, 6.45) is 70.8. The second kappa shape index (κ2) is 67.0. The minimum absolute atomic E-state index is 0.0665. The minimum Gasteiger partial charge on any atom is -0.462 e. The number of unbranched alkanes of at least 4 members (excludes halogenated alkanes) is 20. The maximum atomic E-state index is 13.0. The number of esters is 4. The molecule has 0 aliphatic rings. The number of hydrogen-bond donors (Lipinski definition) is 3. The van der Waals surface area contributed by atoms with Crippen molar-refractivity contribution in [2.24, 2.45) is 0 Å². The SMILES string of the molecule is CC/C=C\C/C=C\C/C=C\C/C=C\CCCCC(=O)OCC(COP(=O)(O)OCC(O)COP(=O)(O)OCC(COC(=O)CCCC/C=C\C/C=C\C/C=C\C/C=C\CC)OC(=O)CCCCCCCCCCCCC)OC(=O)CCCCCCC/C=C\C/C=C\CCC. The Morgan fingerprint density at radius 1 is 0.309 bits per heavy atom. The molecule has 0 rings (SSSR count). The van der Waals surface area contributed by atoms with Crippen molar-refractivity contribution < 1.29 is 80.2 Å². The van der Waals surface area contributed by atoms with Gasteiger partial charge in [-0.1, -0.05) is 239 Å².